The van der Waals surface area contributed by atoms with Gasteiger partial charge in [0.25, 0.3) is 20.2 Å². The lowest BCUT2D eigenvalue weighted by Crippen LogP contribution is -2.69. The molecule has 41 heteroatoms. The van der Waals surface area contributed by atoms with Crippen molar-refractivity contribution in [2.24, 2.45) is 0 Å². The summed E-state index contributed by atoms with van der Waals surface area (Å²) in [7, 11) is -10.4. The third-order valence-electron chi connectivity index (χ3n) is 18.9. The molecule has 15 saturated heterocycles. The lowest BCUT2D eigenvalue weighted by molar-refractivity contribution is -0.396. The summed E-state index contributed by atoms with van der Waals surface area (Å²) < 4.78 is 153. The van der Waals surface area contributed by atoms with Crippen LogP contribution in [0.15, 0.2) is 34.1 Å². The van der Waals surface area contributed by atoms with Crippen LogP contribution in [0.3, 0.4) is 0 Å². The highest BCUT2D eigenvalue weighted by molar-refractivity contribution is 7.87. The molecule has 101 heavy (non-hydrogen) atoms. The molecule has 15 aliphatic rings. The van der Waals surface area contributed by atoms with Crippen molar-refractivity contribution in [1.82, 2.24) is 0 Å². The molecule has 0 aromatic heterocycles. The van der Waals surface area contributed by atoms with Gasteiger partial charge < -0.3 is 163 Å². The van der Waals surface area contributed by atoms with Crippen LogP contribution in [-0.2, 0) is 94.9 Å². The van der Waals surface area contributed by atoms with Gasteiger partial charge in [0.05, 0.1) is 56.0 Å². The number of rotatable bonds is 13. The Kier molecular flexibility index (Phi) is 26.1. The summed E-state index contributed by atoms with van der Waals surface area (Å²) in [5.41, 5.74) is 1.62. The molecule has 19 N–H and O–H groups in total. The van der Waals surface area contributed by atoms with Gasteiger partial charge in [-0.15, -0.1) is 0 Å². The summed E-state index contributed by atoms with van der Waals surface area (Å²) in [5, 5.41) is 217. The first-order valence-corrected chi connectivity index (χ1v) is 35.1. The van der Waals surface area contributed by atoms with Gasteiger partial charge in [-0.3, -0.25) is 8.37 Å². The topological polar surface area (TPSA) is 600 Å². The number of hydrogen-bond acceptors (Lipinski definition) is 39. The highest BCUT2D eigenvalue weighted by atomic mass is 32.2. The highest BCUT2D eigenvalue weighted by Gasteiger charge is 2.61. The van der Waals surface area contributed by atoms with E-state index in [9.17, 15) is 114 Å². The number of aliphatic hydroxyl groups excluding tert-OH is 19. The van der Waals surface area contributed by atoms with E-state index in [0.29, 0.717) is 11.1 Å². The van der Waals surface area contributed by atoms with E-state index in [0.717, 1.165) is 0 Å². The van der Waals surface area contributed by atoms with Gasteiger partial charge in [-0.2, -0.15) is 16.8 Å². The average molecular weight is 1500 g/mol. The van der Waals surface area contributed by atoms with Gasteiger partial charge in [0.15, 0.2) is 56.2 Å². The average Bonchev–Trinajstić information content (AvgIpc) is 0.782. The van der Waals surface area contributed by atoms with E-state index in [2.05, 4.69) is 0 Å². The SMILES string of the molecule is Cc1cc(C)c(S(=O)(=O)O[C@H]2[C@H]3O[C@H]4[C@H](O)[C@@H](OS(=O)(=O)c5c(C)cc(C)cc5C)[C@@H](O[C@H]5[C@H](O)[C@@H](O)[C@@H](O[C@H]6[C@H](O)[C@@H](O)[C@@H](O[C@H]7[C@H](O)[C@@H](O)[C@@H](O[C@H]8[C@H](O)[C@@H](O)[C@@H](O[C@H]9[C@H](O)[C@@H](O)[C@@H](O[C@@H]([C@@H]2O)[C@@H](CO)O3)O[C@@H]9CO)O[C@@H]8CO)O[C@@H]7CO)O[C@@H]6CO)O[C@@H]5CO)O[C@@H]4CO)c(C)c1. The second-order valence-corrected chi connectivity index (χ2v) is 29.2. The Morgan fingerprint density at radius 3 is 0.624 bits per heavy atom. The first-order valence-electron chi connectivity index (χ1n) is 32.3. The molecule has 15 fully saturated rings. The van der Waals surface area contributed by atoms with E-state index >= 15 is 0 Å². The maximum absolute atomic E-state index is 14.7. The van der Waals surface area contributed by atoms with Crippen LogP contribution < -0.4 is 0 Å². The number of aliphatic hydroxyl groups is 19. The number of aryl methyl sites for hydroxylation is 6. The Morgan fingerprint density at radius 2 is 0.436 bits per heavy atom. The maximum Gasteiger partial charge on any atom is 0.298 e. The lowest BCUT2D eigenvalue weighted by Gasteiger charge is -2.50. The summed E-state index contributed by atoms with van der Waals surface area (Å²) in [4.78, 5) is -0.925. The molecular formula is C60H90O39S2. The molecule has 39 nitrogen and oxygen atoms in total. The number of hydrogen-bond donors (Lipinski definition) is 19. The van der Waals surface area contributed by atoms with Crippen LogP contribution in [0.25, 0.3) is 0 Å². The van der Waals surface area contributed by atoms with Crippen molar-refractivity contribution in [3.05, 3.63) is 57.6 Å². The van der Waals surface area contributed by atoms with Crippen molar-refractivity contribution < 1.29 is 189 Å². The van der Waals surface area contributed by atoms with Gasteiger partial charge in [-0.1, -0.05) is 35.4 Å². The summed E-state index contributed by atoms with van der Waals surface area (Å²) in [6.45, 7) is 0.757. The second-order valence-electron chi connectivity index (χ2n) is 26.2. The molecule has 0 spiro atoms. The van der Waals surface area contributed by atoms with Crippen molar-refractivity contribution in [3.63, 3.8) is 0 Å². The summed E-state index contributed by atoms with van der Waals surface area (Å²) in [6.07, 6.45) is -76.7. The number of benzene rings is 2. The zero-order valence-corrected chi connectivity index (χ0v) is 56.6. The molecule has 2 aromatic rings. The molecule has 15 heterocycles. The number of ether oxygens (including phenoxy) is 14. The predicted molar refractivity (Wildman–Crippen MR) is 322 cm³/mol. The minimum Gasteiger partial charge on any atom is -0.394 e. The molecule has 2 aromatic carbocycles. The molecule has 0 unspecified atom stereocenters. The Hall–Kier alpha value is -3.06. The van der Waals surface area contributed by atoms with Crippen LogP contribution in [0.5, 0.6) is 0 Å². The number of fused-ring (bicyclic) bond motifs is 7. The van der Waals surface area contributed by atoms with E-state index in [1.165, 1.54) is 52.0 Å². The van der Waals surface area contributed by atoms with Crippen molar-refractivity contribution in [2.45, 2.75) is 266 Å². The van der Waals surface area contributed by atoms with Gasteiger partial charge >= 0.3 is 0 Å². The summed E-state index contributed by atoms with van der Waals surface area (Å²) in [5.74, 6) is 0. The molecule has 14 bridgehead atoms. The Morgan fingerprint density at radius 1 is 0.267 bits per heavy atom. The highest BCUT2D eigenvalue weighted by Crippen LogP contribution is 2.42. The van der Waals surface area contributed by atoms with Crippen molar-refractivity contribution in [2.75, 3.05) is 46.2 Å². The lowest BCUT2D eigenvalue weighted by atomic mass is 9.95. The smallest absolute Gasteiger partial charge is 0.298 e. The molecule has 0 aliphatic carbocycles. The third kappa shape index (κ3) is 16.1. The van der Waals surface area contributed by atoms with Crippen LogP contribution >= 0.6 is 0 Å². The maximum atomic E-state index is 14.7. The van der Waals surface area contributed by atoms with Gasteiger partial charge in [0.1, 0.15) is 159 Å². The van der Waals surface area contributed by atoms with Gasteiger partial charge in [0, 0.05) is 0 Å². The van der Waals surface area contributed by atoms with Crippen molar-refractivity contribution in [3.8, 4) is 0 Å². The van der Waals surface area contributed by atoms with E-state index in [4.69, 9.17) is 74.7 Å². The normalized spacial score (nSPS) is 45.3. The summed E-state index contributed by atoms with van der Waals surface area (Å²) in [6, 6.07) is 5.88. The molecule has 0 radical (unpaired) electrons. The quantitative estimate of drug-likeness (QED) is 0.0828. The van der Waals surface area contributed by atoms with Crippen molar-refractivity contribution in [1.29, 1.82) is 0 Å². The van der Waals surface area contributed by atoms with Crippen LogP contribution in [0, 0.1) is 41.5 Å². The van der Waals surface area contributed by atoms with Gasteiger partial charge in [-0.25, -0.2) is 0 Å². The van der Waals surface area contributed by atoms with E-state index in [1.807, 2.05) is 0 Å². The van der Waals surface area contributed by atoms with Crippen LogP contribution in [0.2, 0.25) is 0 Å². The molecule has 15 aliphatic heterocycles. The minimum absolute atomic E-state index is 0.105. The van der Waals surface area contributed by atoms with E-state index in [-0.39, 0.29) is 22.3 Å². The monoisotopic (exact) mass is 1500 g/mol. The minimum atomic E-state index is -5.20. The molecule has 35 atom stereocenters. The molecule has 17 rings (SSSR count). The first-order chi connectivity index (χ1) is 47.7. The molecular weight excluding hydrogens is 1410 g/mol. The molecule has 0 amide bonds. The van der Waals surface area contributed by atoms with Crippen LogP contribution in [0.1, 0.15) is 33.4 Å². The van der Waals surface area contributed by atoms with Crippen molar-refractivity contribution >= 4 is 20.2 Å². The fourth-order valence-corrected chi connectivity index (χ4v) is 17.1. The largest absolute Gasteiger partial charge is 0.394 e. The molecule has 576 valence electrons. The molecule has 0 saturated carbocycles. The Labute approximate surface area is 577 Å². The van der Waals surface area contributed by atoms with E-state index in [1.54, 1.807) is 13.8 Å². The standard InChI is InChI=1S/C60H90O39S2/c1-18-7-20(3)52(21(4)8-18)100(80,81)98-50-41(78)48-29(16-66)89-60(50)97-49-30(17-67)90-59(51(42(49)79)99-101(82,83)53-22(5)9-19(2)10-23(53)6)96-47-28(15-65)88-57(40(77)35(47)72)94-45-26(13-63)86-55(38(75)33(45)70)92-43-24(11-61)84-54(36(73)31(43)68)91-44-25(12-62)85-56(37(74)32(44)69)93-46-27(14-64)87-58(95-48)39(76)34(46)71/h7-10,24-51,54-79H,11-17H2,1-6H3/t24-,25-,26-,27-,28-,29-,30-,31-,32-,33-,34-,35-,36-,37-,38-,39-,40-,41+,42+,43-,44-,45-,46-,47-,48-,49-,50-,51-,54-,55-,56-,57-,58-,59-,60-/m1/s1. The Bertz CT molecular complexity index is 3180. The van der Waals surface area contributed by atoms with Crippen LogP contribution in [-0.4, -0.2) is 375 Å². The van der Waals surface area contributed by atoms with Gasteiger partial charge in [-0.05, 0) is 63.8 Å². The summed E-state index contributed by atoms with van der Waals surface area (Å²) >= 11 is 0. The van der Waals surface area contributed by atoms with Gasteiger partial charge in [0.2, 0.25) is 0 Å². The third-order valence-corrected chi connectivity index (χ3v) is 22.2. The zero-order chi connectivity index (χ0) is 73.9. The predicted octanol–water partition coefficient (Wildman–Crippen LogP) is -10.6. The fraction of sp³-hybridized carbons (Fsp3) is 0.800. The van der Waals surface area contributed by atoms with Crippen LogP contribution in [0.4, 0.5) is 0 Å². The zero-order valence-electron chi connectivity index (χ0n) is 54.9. The van der Waals surface area contributed by atoms with E-state index < -0.39 is 291 Å². The second kappa shape index (κ2) is 32.8. The Balaban J connectivity index is 1.04. The first kappa shape index (κ1) is 80.5. The fourth-order valence-electron chi connectivity index (χ4n) is 14.1.